The lowest BCUT2D eigenvalue weighted by atomic mass is 10.2. The Kier molecular flexibility index (Phi) is 4.50. The summed E-state index contributed by atoms with van der Waals surface area (Å²) in [6.07, 6.45) is 1.64. The van der Waals surface area contributed by atoms with Crippen molar-refractivity contribution in [2.24, 2.45) is 0 Å². The van der Waals surface area contributed by atoms with E-state index in [1.165, 1.54) is 31.4 Å². The fourth-order valence-corrected chi connectivity index (χ4v) is 1.64. The Balaban J connectivity index is 2.13. The quantitative estimate of drug-likeness (QED) is 0.683. The van der Waals surface area contributed by atoms with Gasteiger partial charge >= 0.3 is 0 Å². The number of carbonyl (C=O) groups excluding carboxylic acids is 1. The second kappa shape index (κ2) is 6.52. The molecule has 0 aromatic heterocycles. The number of hydrogen-bond donors (Lipinski definition) is 1. The molecule has 1 N–H and O–H groups in total. The lowest BCUT2D eigenvalue weighted by Gasteiger charge is -2.08. The third-order valence-electron chi connectivity index (χ3n) is 2.64. The number of ether oxygens (including phenoxy) is 1. The minimum absolute atomic E-state index is 0.181. The molecule has 4 heteroatoms. The fraction of sp³-hybridized carbons (Fsp3) is 0.0625. The smallest absolute Gasteiger partial charge is 0.290 e. The highest BCUT2D eigenvalue weighted by Crippen LogP contribution is 2.12. The summed E-state index contributed by atoms with van der Waals surface area (Å²) in [7, 11) is 1.43. The van der Waals surface area contributed by atoms with Crippen LogP contribution in [0.15, 0.2) is 60.4 Å². The van der Waals surface area contributed by atoms with Gasteiger partial charge in [0, 0.05) is 5.69 Å². The number of amides is 1. The number of carbonyl (C=O) groups is 1. The van der Waals surface area contributed by atoms with Gasteiger partial charge in [-0.25, -0.2) is 4.39 Å². The molecule has 0 bridgehead atoms. The second-order valence-electron chi connectivity index (χ2n) is 4.08. The van der Waals surface area contributed by atoms with Crippen molar-refractivity contribution >= 4 is 17.7 Å². The summed E-state index contributed by atoms with van der Waals surface area (Å²) >= 11 is 0. The minimum atomic E-state index is -0.386. The summed E-state index contributed by atoms with van der Waals surface area (Å²) in [6, 6.07) is 14.9. The third kappa shape index (κ3) is 3.68. The molecule has 2 aromatic rings. The molecular weight excluding hydrogens is 257 g/mol. The zero-order chi connectivity index (χ0) is 14.4. The molecular formula is C16H14FNO2. The van der Waals surface area contributed by atoms with E-state index in [0.29, 0.717) is 5.69 Å². The van der Waals surface area contributed by atoms with E-state index in [1.807, 2.05) is 30.3 Å². The van der Waals surface area contributed by atoms with Gasteiger partial charge in [0.2, 0.25) is 0 Å². The van der Waals surface area contributed by atoms with E-state index in [4.69, 9.17) is 4.74 Å². The van der Waals surface area contributed by atoms with Crippen LogP contribution in [0, 0.1) is 5.82 Å². The largest absolute Gasteiger partial charge is 0.491 e. The molecule has 3 nitrogen and oxygen atoms in total. The van der Waals surface area contributed by atoms with Crippen molar-refractivity contribution in [1.29, 1.82) is 0 Å². The fourth-order valence-electron chi connectivity index (χ4n) is 1.64. The molecule has 0 aliphatic carbocycles. The van der Waals surface area contributed by atoms with E-state index in [2.05, 4.69) is 5.32 Å². The first-order valence-corrected chi connectivity index (χ1v) is 6.06. The van der Waals surface area contributed by atoms with E-state index in [-0.39, 0.29) is 17.5 Å². The van der Waals surface area contributed by atoms with Crippen LogP contribution >= 0.6 is 0 Å². The molecule has 0 fully saturated rings. The van der Waals surface area contributed by atoms with Crippen LogP contribution in [0.5, 0.6) is 0 Å². The van der Waals surface area contributed by atoms with Crippen molar-refractivity contribution in [2.75, 3.05) is 12.4 Å². The molecule has 0 heterocycles. The number of anilines is 1. The third-order valence-corrected chi connectivity index (χ3v) is 2.64. The molecule has 1 amide bonds. The Labute approximate surface area is 116 Å². The van der Waals surface area contributed by atoms with Gasteiger partial charge in [0.05, 0.1) is 7.11 Å². The maximum Gasteiger partial charge on any atom is 0.290 e. The average molecular weight is 271 g/mol. The van der Waals surface area contributed by atoms with Crippen molar-refractivity contribution in [3.05, 3.63) is 71.7 Å². The molecule has 0 spiro atoms. The summed E-state index contributed by atoms with van der Waals surface area (Å²) in [6.45, 7) is 0. The molecule has 20 heavy (non-hydrogen) atoms. The van der Waals surface area contributed by atoms with Gasteiger partial charge in [-0.3, -0.25) is 4.79 Å². The lowest BCUT2D eigenvalue weighted by Crippen LogP contribution is -2.15. The molecule has 102 valence electrons. The molecule has 0 radical (unpaired) electrons. The Morgan fingerprint density at radius 1 is 1.10 bits per heavy atom. The SMILES string of the molecule is CO/C(=C\c1ccccc1)C(=O)Nc1ccc(F)cc1. The number of rotatable bonds is 4. The topological polar surface area (TPSA) is 38.3 Å². The first-order valence-electron chi connectivity index (χ1n) is 6.06. The zero-order valence-electron chi connectivity index (χ0n) is 11.0. The zero-order valence-corrected chi connectivity index (χ0v) is 11.0. The maximum atomic E-state index is 12.8. The normalized spacial score (nSPS) is 11.0. The van der Waals surface area contributed by atoms with Gasteiger partial charge in [-0.15, -0.1) is 0 Å². The Morgan fingerprint density at radius 2 is 1.75 bits per heavy atom. The van der Waals surface area contributed by atoms with Crippen LogP contribution < -0.4 is 5.32 Å². The van der Waals surface area contributed by atoms with Crippen LogP contribution in [-0.2, 0) is 9.53 Å². The monoisotopic (exact) mass is 271 g/mol. The van der Waals surface area contributed by atoms with E-state index in [1.54, 1.807) is 6.08 Å². The van der Waals surface area contributed by atoms with E-state index in [9.17, 15) is 9.18 Å². The van der Waals surface area contributed by atoms with Crippen LogP contribution in [0.4, 0.5) is 10.1 Å². The van der Waals surface area contributed by atoms with Gasteiger partial charge in [0.1, 0.15) is 5.82 Å². The van der Waals surface area contributed by atoms with Crippen LogP contribution in [-0.4, -0.2) is 13.0 Å². The van der Waals surface area contributed by atoms with Crippen molar-refractivity contribution in [1.82, 2.24) is 0 Å². The molecule has 0 aliphatic rings. The second-order valence-corrected chi connectivity index (χ2v) is 4.08. The van der Waals surface area contributed by atoms with Gasteiger partial charge in [-0.2, -0.15) is 0 Å². The van der Waals surface area contributed by atoms with Crippen molar-refractivity contribution < 1.29 is 13.9 Å². The van der Waals surface area contributed by atoms with Crippen molar-refractivity contribution in [3.8, 4) is 0 Å². The summed E-state index contributed by atoms with van der Waals surface area (Å²) in [4.78, 5) is 12.0. The van der Waals surface area contributed by atoms with E-state index >= 15 is 0 Å². The van der Waals surface area contributed by atoms with Gasteiger partial charge < -0.3 is 10.1 Å². The van der Waals surface area contributed by atoms with Crippen LogP contribution in [0.25, 0.3) is 6.08 Å². The number of benzene rings is 2. The van der Waals surface area contributed by atoms with E-state index < -0.39 is 0 Å². The first-order chi connectivity index (χ1) is 9.69. The Morgan fingerprint density at radius 3 is 2.35 bits per heavy atom. The Bertz CT molecular complexity index is 606. The molecule has 2 rings (SSSR count). The summed E-state index contributed by atoms with van der Waals surface area (Å²) < 4.78 is 17.9. The standard InChI is InChI=1S/C16H14FNO2/c1-20-15(11-12-5-3-2-4-6-12)16(19)18-14-9-7-13(17)8-10-14/h2-11H,1H3,(H,18,19)/b15-11-. The highest BCUT2D eigenvalue weighted by Gasteiger charge is 2.10. The predicted octanol–water partition coefficient (Wildman–Crippen LogP) is 3.45. The van der Waals surface area contributed by atoms with Crippen molar-refractivity contribution in [2.45, 2.75) is 0 Å². The number of halogens is 1. The van der Waals surface area contributed by atoms with Gasteiger partial charge in [0.15, 0.2) is 5.76 Å². The predicted molar refractivity (Wildman–Crippen MR) is 76.5 cm³/mol. The number of hydrogen-bond acceptors (Lipinski definition) is 2. The van der Waals surface area contributed by atoms with Crippen LogP contribution in [0.1, 0.15) is 5.56 Å². The minimum Gasteiger partial charge on any atom is -0.491 e. The molecule has 0 aliphatic heterocycles. The molecule has 2 aromatic carbocycles. The van der Waals surface area contributed by atoms with E-state index in [0.717, 1.165) is 5.56 Å². The van der Waals surface area contributed by atoms with Crippen LogP contribution in [0.2, 0.25) is 0 Å². The molecule has 0 saturated heterocycles. The average Bonchev–Trinajstić information content (AvgIpc) is 2.48. The number of nitrogens with one attached hydrogen (secondary N) is 1. The summed E-state index contributed by atoms with van der Waals surface area (Å²) in [5.41, 5.74) is 1.37. The van der Waals surface area contributed by atoms with Gasteiger partial charge in [-0.1, -0.05) is 30.3 Å². The summed E-state index contributed by atoms with van der Waals surface area (Å²) in [5.74, 6) is -0.557. The van der Waals surface area contributed by atoms with Crippen LogP contribution in [0.3, 0.4) is 0 Å². The first kappa shape index (κ1) is 13.8. The van der Waals surface area contributed by atoms with Gasteiger partial charge in [-0.05, 0) is 35.9 Å². The van der Waals surface area contributed by atoms with Gasteiger partial charge in [0.25, 0.3) is 5.91 Å². The molecule has 0 unspecified atom stereocenters. The highest BCUT2D eigenvalue weighted by atomic mass is 19.1. The maximum absolute atomic E-state index is 12.8. The Hall–Kier alpha value is -2.62. The highest BCUT2D eigenvalue weighted by molar-refractivity contribution is 6.05. The number of methoxy groups -OCH3 is 1. The van der Waals surface area contributed by atoms with Crippen molar-refractivity contribution in [3.63, 3.8) is 0 Å². The molecule has 0 atom stereocenters. The lowest BCUT2D eigenvalue weighted by molar-refractivity contribution is -0.115. The summed E-state index contributed by atoms with van der Waals surface area (Å²) in [5, 5.41) is 2.64. The molecule has 0 saturated carbocycles.